The molecule has 0 radical (unpaired) electrons. The molecule has 1 saturated heterocycles. The van der Waals surface area contributed by atoms with Crippen molar-refractivity contribution in [2.45, 2.75) is 31.8 Å². The first-order valence-electron chi connectivity index (χ1n) is 9.24. The lowest BCUT2D eigenvalue weighted by molar-refractivity contribution is 0.176. The molecule has 1 N–H and O–H groups in total. The fourth-order valence-electron chi connectivity index (χ4n) is 3.56. The van der Waals surface area contributed by atoms with Gasteiger partial charge in [-0.25, -0.2) is 9.78 Å². The molecule has 1 atom stereocenters. The highest BCUT2D eigenvalue weighted by Crippen LogP contribution is 2.26. The van der Waals surface area contributed by atoms with Crippen LogP contribution in [0.2, 0.25) is 0 Å². The van der Waals surface area contributed by atoms with Gasteiger partial charge in [0.1, 0.15) is 11.6 Å². The van der Waals surface area contributed by atoms with Gasteiger partial charge in [-0.1, -0.05) is 0 Å². The Bertz CT molecular complexity index is 860. The number of hydrogen-bond donors (Lipinski definition) is 1. The Morgan fingerprint density at radius 3 is 2.96 bits per heavy atom. The lowest BCUT2D eigenvalue weighted by atomic mass is 9.97. The standard InChI is InChI=1S/C20H23N5O2/c26-20(23-13-18-4-2-12-27-18)25-10-1-3-17(15-25)19-22-9-11-24(19)14-16-5-7-21-8-6-16/h2,4-9,11-12,17H,1,3,10,13-15H2,(H,23,26). The number of urea groups is 1. The van der Waals surface area contributed by atoms with Crippen LogP contribution in [0.4, 0.5) is 4.79 Å². The number of hydrogen-bond acceptors (Lipinski definition) is 4. The summed E-state index contributed by atoms with van der Waals surface area (Å²) in [5.41, 5.74) is 1.19. The molecule has 1 aliphatic heterocycles. The Hall–Kier alpha value is -3.09. The maximum absolute atomic E-state index is 12.5. The highest BCUT2D eigenvalue weighted by atomic mass is 16.3. The van der Waals surface area contributed by atoms with Crippen molar-refractivity contribution in [2.75, 3.05) is 13.1 Å². The number of nitrogens with one attached hydrogen (secondary N) is 1. The Morgan fingerprint density at radius 1 is 1.26 bits per heavy atom. The van der Waals surface area contributed by atoms with Gasteiger partial charge < -0.3 is 19.2 Å². The molecule has 3 aromatic heterocycles. The number of imidazole rings is 1. The summed E-state index contributed by atoms with van der Waals surface area (Å²) in [5.74, 6) is 2.03. The molecule has 1 aliphatic rings. The second-order valence-electron chi connectivity index (χ2n) is 6.79. The molecule has 2 amide bonds. The molecule has 1 unspecified atom stereocenters. The minimum atomic E-state index is -0.0525. The molecule has 27 heavy (non-hydrogen) atoms. The SMILES string of the molecule is O=C(NCc1ccco1)N1CCCC(c2nccn2Cc2ccncc2)C1. The Labute approximate surface area is 158 Å². The predicted molar refractivity (Wildman–Crippen MR) is 100 cm³/mol. The largest absolute Gasteiger partial charge is 0.467 e. The number of aromatic nitrogens is 3. The van der Waals surface area contributed by atoms with Gasteiger partial charge in [0.2, 0.25) is 0 Å². The molecular formula is C20H23N5O2. The maximum Gasteiger partial charge on any atom is 0.317 e. The van der Waals surface area contributed by atoms with Crippen molar-refractivity contribution in [1.82, 2.24) is 24.8 Å². The number of rotatable bonds is 5. The summed E-state index contributed by atoms with van der Waals surface area (Å²) >= 11 is 0. The van der Waals surface area contributed by atoms with E-state index in [1.807, 2.05) is 41.6 Å². The van der Waals surface area contributed by atoms with Crippen molar-refractivity contribution in [3.8, 4) is 0 Å². The van der Waals surface area contributed by atoms with Gasteiger partial charge >= 0.3 is 6.03 Å². The molecule has 0 aliphatic carbocycles. The second kappa shape index (κ2) is 8.07. The monoisotopic (exact) mass is 365 g/mol. The van der Waals surface area contributed by atoms with E-state index in [2.05, 4.69) is 19.9 Å². The summed E-state index contributed by atoms with van der Waals surface area (Å²) in [6.07, 6.45) is 11.1. The quantitative estimate of drug-likeness (QED) is 0.754. The number of nitrogens with zero attached hydrogens (tertiary/aromatic N) is 4. The Balaban J connectivity index is 1.40. The van der Waals surface area contributed by atoms with Gasteiger partial charge in [0.15, 0.2) is 0 Å². The van der Waals surface area contributed by atoms with Gasteiger partial charge in [0.25, 0.3) is 0 Å². The zero-order valence-corrected chi connectivity index (χ0v) is 15.1. The number of carbonyl (C=O) groups excluding carboxylic acids is 1. The van der Waals surface area contributed by atoms with E-state index in [1.165, 1.54) is 5.56 Å². The van der Waals surface area contributed by atoms with Crippen LogP contribution < -0.4 is 5.32 Å². The molecule has 0 spiro atoms. The lowest BCUT2D eigenvalue weighted by Crippen LogP contribution is -2.45. The smallest absolute Gasteiger partial charge is 0.317 e. The number of carbonyl (C=O) groups is 1. The highest BCUT2D eigenvalue weighted by Gasteiger charge is 2.27. The molecule has 0 aromatic carbocycles. The van der Waals surface area contributed by atoms with E-state index < -0.39 is 0 Å². The zero-order chi connectivity index (χ0) is 18.5. The van der Waals surface area contributed by atoms with Crippen molar-refractivity contribution in [1.29, 1.82) is 0 Å². The molecule has 7 heteroatoms. The van der Waals surface area contributed by atoms with Crippen molar-refractivity contribution in [2.24, 2.45) is 0 Å². The van der Waals surface area contributed by atoms with Crippen molar-refractivity contribution >= 4 is 6.03 Å². The third kappa shape index (κ3) is 4.19. The molecular weight excluding hydrogens is 342 g/mol. The van der Waals surface area contributed by atoms with Gasteiger partial charge in [-0.2, -0.15) is 0 Å². The summed E-state index contributed by atoms with van der Waals surface area (Å²) in [6.45, 7) is 2.62. The Morgan fingerprint density at radius 2 is 2.15 bits per heavy atom. The fourth-order valence-corrected chi connectivity index (χ4v) is 3.56. The predicted octanol–water partition coefficient (Wildman–Crippen LogP) is 3.01. The van der Waals surface area contributed by atoms with Crippen LogP contribution >= 0.6 is 0 Å². The van der Waals surface area contributed by atoms with Crippen molar-refractivity contribution in [3.05, 3.63) is 72.5 Å². The molecule has 4 heterocycles. The summed E-state index contributed by atoms with van der Waals surface area (Å²) in [4.78, 5) is 23.1. The molecule has 140 valence electrons. The maximum atomic E-state index is 12.5. The first kappa shape index (κ1) is 17.3. The third-order valence-electron chi connectivity index (χ3n) is 4.92. The van der Waals surface area contributed by atoms with Gasteiger partial charge in [-0.3, -0.25) is 4.98 Å². The molecule has 3 aromatic rings. The Kier molecular flexibility index (Phi) is 5.18. The van der Waals surface area contributed by atoms with Gasteiger partial charge in [0.05, 0.1) is 12.8 Å². The van der Waals surface area contributed by atoms with E-state index in [9.17, 15) is 4.79 Å². The van der Waals surface area contributed by atoms with Crippen LogP contribution in [0.5, 0.6) is 0 Å². The van der Waals surface area contributed by atoms with Crippen LogP contribution in [0.25, 0.3) is 0 Å². The highest BCUT2D eigenvalue weighted by molar-refractivity contribution is 5.74. The number of amides is 2. The second-order valence-corrected chi connectivity index (χ2v) is 6.79. The summed E-state index contributed by atoms with van der Waals surface area (Å²) in [7, 11) is 0. The zero-order valence-electron chi connectivity index (χ0n) is 15.1. The summed E-state index contributed by atoms with van der Waals surface area (Å²) in [6, 6.07) is 7.65. The fraction of sp³-hybridized carbons (Fsp3) is 0.350. The van der Waals surface area contributed by atoms with Crippen LogP contribution in [-0.2, 0) is 13.1 Å². The number of piperidine rings is 1. The van der Waals surface area contributed by atoms with E-state index in [4.69, 9.17) is 4.42 Å². The summed E-state index contributed by atoms with van der Waals surface area (Å²) in [5, 5.41) is 2.93. The van der Waals surface area contributed by atoms with Crippen LogP contribution in [0.3, 0.4) is 0 Å². The van der Waals surface area contributed by atoms with Crippen molar-refractivity contribution < 1.29 is 9.21 Å². The molecule has 0 saturated carbocycles. The number of furan rings is 1. The van der Waals surface area contributed by atoms with E-state index in [-0.39, 0.29) is 11.9 Å². The van der Waals surface area contributed by atoms with Crippen LogP contribution in [-0.4, -0.2) is 38.6 Å². The van der Waals surface area contributed by atoms with Gasteiger partial charge in [0, 0.05) is 50.3 Å². The van der Waals surface area contributed by atoms with E-state index in [0.717, 1.165) is 37.5 Å². The number of pyridine rings is 1. The van der Waals surface area contributed by atoms with Crippen LogP contribution in [0.1, 0.15) is 35.9 Å². The van der Waals surface area contributed by atoms with E-state index in [1.54, 1.807) is 18.7 Å². The molecule has 4 rings (SSSR count). The van der Waals surface area contributed by atoms with Gasteiger partial charge in [-0.05, 0) is 42.7 Å². The minimum absolute atomic E-state index is 0.0525. The minimum Gasteiger partial charge on any atom is -0.467 e. The van der Waals surface area contributed by atoms with Crippen molar-refractivity contribution in [3.63, 3.8) is 0 Å². The summed E-state index contributed by atoms with van der Waals surface area (Å²) < 4.78 is 7.44. The molecule has 1 fully saturated rings. The van der Waals surface area contributed by atoms with Gasteiger partial charge in [-0.15, -0.1) is 0 Å². The van der Waals surface area contributed by atoms with Crippen LogP contribution in [0, 0.1) is 0 Å². The first-order valence-corrected chi connectivity index (χ1v) is 9.24. The first-order chi connectivity index (χ1) is 13.3. The van der Waals surface area contributed by atoms with E-state index >= 15 is 0 Å². The average Bonchev–Trinajstić information content (AvgIpc) is 3.39. The third-order valence-corrected chi connectivity index (χ3v) is 4.92. The van der Waals surface area contributed by atoms with Crippen LogP contribution in [0.15, 0.2) is 59.7 Å². The lowest BCUT2D eigenvalue weighted by Gasteiger charge is -2.32. The topological polar surface area (TPSA) is 76.2 Å². The van der Waals surface area contributed by atoms with E-state index in [0.29, 0.717) is 13.1 Å². The molecule has 0 bridgehead atoms. The normalized spacial score (nSPS) is 17.0. The average molecular weight is 365 g/mol. The molecule has 7 nitrogen and oxygen atoms in total. The number of likely N-dealkylation sites (tertiary alicyclic amines) is 1.